The summed E-state index contributed by atoms with van der Waals surface area (Å²) in [5.74, 6) is 0. The van der Waals surface area contributed by atoms with Gasteiger partial charge in [-0.1, -0.05) is 26.2 Å². The van der Waals surface area contributed by atoms with Crippen LogP contribution in [0.3, 0.4) is 0 Å². The SMILES string of the molecule is CCCCCCNC(C)(CO)CO. The third-order valence-electron chi connectivity index (χ3n) is 2.28. The lowest BCUT2D eigenvalue weighted by Gasteiger charge is -2.26. The molecule has 0 radical (unpaired) electrons. The van der Waals surface area contributed by atoms with Crippen LogP contribution in [0, 0.1) is 0 Å². The Labute approximate surface area is 81.2 Å². The van der Waals surface area contributed by atoms with E-state index in [9.17, 15) is 0 Å². The summed E-state index contributed by atoms with van der Waals surface area (Å²) >= 11 is 0. The van der Waals surface area contributed by atoms with Gasteiger partial charge in [0.2, 0.25) is 0 Å². The van der Waals surface area contributed by atoms with Gasteiger partial charge in [0.15, 0.2) is 0 Å². The zero-order chi connectivity index (χ0) is 10.2. The Kier molecular flexibility index (Phi) is 7.23. The monoisotopic (exact) mass is 189 g/mol. The summed E-state index contributed by atoms with van der Waals surface area (Å²) < 4.78 is 0. The average molecular weight is 189 g/mol. The maximum absolute atomic E-state index is 8.97. The van der Waals surface area contributed by atoms with Crippen molar-refractivity contribution in [1.82, 2.24) is 5.32 Å². The number of aliphatic hydroxyl groups is 2. The molecule has 0 spiro atoms. The van der Waals surface area contributed by atoms with Crippen LogP contribution in [0.4, 0.5) is 0 Å². The Morgan fingerprint density at radius 2 is 1.69 bits per heavy atom. The summed E-state index contributed by atoms with van der Waals surface area (Å²) in [4.78, 5) is 0. The molecule has 0 aromatic rings. The van der Waals surface area contributed by atoms with Crippen LogP contribution in [0.2, 0.25) is 0 Å². The zero-order valence-electron chi connectivity index (χ0n) is 8.84. The molecule has 0 aliphatic rings. The quantitative estimate of drug-likeness (QED) is 0.497. The molecule has 3 N–H and O–H groups in total. The molecule has 0 unspecified atom stereocenters. The minimum absolute atomic E-state index is 0.0166. The second-order valence-electron chi connectivity index (χ2n) is 3.86. The molecule has 3 heteroatoms. The second kappa shape index (κ2) is 7.30. The van der Waals surface area contributed by atoms with Crippen LogP contribution in [-0.4, -0.2) is 35.5 Å². The predicted molar refractivity (Wildman–Crippen MR) is 54.7 cm³/mol. The normalized spacial score (nSPS) is 12.0. The Bertz CT molecular complexity index is 113. The number of nitrogens with one attached hydrogen (secondary N) is 1. The third kappa shape index (κ3) is 6.02. The standard InChI is InChI=1S/C10H23NO2/c1-3-4-5-6-7-11-10(2,8-12)9-13/h11-13H,3-9H2,1-2H3. The maximum Gasteiger partial charge on any atom is 0.0633 e. The van der Waals surface area contributed by atoms with Crippen LogP contribution in [-0.2, 0) is 0 Å². The minimum Gasteiger partial charge on any atom is -0.394 e. The van der Waals surface area contributed by atoms with E-state index in [1.165, 1.54) is 19.3 Å². The molecular weight excluding hydrogens is 166 g/mol. The highest BCUT2D eigenvalue weighted by molar-refractivity contribution is 4.80. The average Bonchev–Trinajstić information content (AvgIpc) is 2.17. The fourth-order valence-electron chi connectivity index (χ4n) is 1.10. The molecule has 0 aromatic heterocycles. The molecule has 0 heterocycles. The van der Waals surface area contributed by atoms with Crippen LogP contribution in [0.25, 0.3) is 0 Å². The van der Waals surface area contributed by atoms with Crippen molar-refractivity contribution < 1.29 is 10.2 Å². The van der Waals surface area contributed by atoms with Crippen LogP contribution < -0.4 is 5.32 Å². The Balaban J connectivity index is 3.39. The van der Waals surface area contributed by atoms with Gasteiger partial charge < -0.3 is 15.5 Å². The van der Waals surface area contributed by atoms with E-state index >= 15 is 0 Å². The van der Waals surface area contributed by atoms with Crippen molar-refractivity contribution in [1.29, 1.82) is 0 Å². The van der Waals surface area contributed by atoms with E-state index in [4.69, 9.17) is 10.2 Å². The van der Waals surface area contributed by atoms with E-state index in [0.29, 0.717) is 0 Å². The summed E-state index contributed by atoms with van der Waals surface area (Å²) in [5, 5.41) is 21.1. The highest BCUT2D eigenvalue weighted by Gasteiger charge is 2.20. The van der Waals surface area contributed by atoms with Crippen LogP contribution >= 0.6 is 0 Å². The molecule has 0 saturated carbocycles. The molecule has 0 bridgehead atoms. The molecule has 0 aromatic carbocycles. The molecule has 0 aliphatic heterocycles. The lowest BCUT2D eigenvalue weighted by molar-refractivity contribution is 0.104. The molecule has 0 aliphatic carbocycles. The molecule has 80 valence electrons. The summed E-state index contributed by atoms with van der Waals surface area (Å²) in [7, 11) is 0. The van der Waals surface area contributed by atoms with Crippen LogP contribution in [0.15, 0.2) is 0 Å². The van der Waals surface area contributed by atoms with Gasteiger partial charge in [0.05, 0.1) is 18.8 Å². The van der Waals surface area contributed by atoms with Gasteiger partial charge in [0, 0.05) is 0 Å². The minimum atomic E-state index is -0.508. The van der Waals surface area contributed by atoms with E-state index in [2.05, 4.69) is 12.2 Å². The Morgan fingerprint density at radius 3 is 2.15 bits per heavy atom. The van der Waals surface area contributed by atoms with Gasteiger partial charge in [-0.25, -0.2) is 0 Å². The van der Waals surface area contributed by atoms with E-state index in [1.807, 2.05) is 6.92 Å². The van der Waals surface area contributed by atoms with Gasteiger partial charge in [-0.05, 0) is 19.9 Å². The van der Waals surface area contributed by atoms with Gasteiger partial charge >= 0.3 is 0 Å². The lowest BCUT2D eigenvalue weighted by atomic mass is 10.1. The molecule has 13 heavy (non-hydrogen) atoms. The fraction of sp³-hybridized carbons (Fsp3) is 1.00. The van der Waals surface area contributed by atoms with E-state index in [1.54, 1.807) is 0 Å². The highest BCUT2D eigenvalue weighted by atomic mass is 16.3. The van der Waals surface area contributed by atoms with Crippen LogP contribution in [0.5, 0.6) is 0 Å². The van der Waals surface area contributed by atoms with E-state index in [0.717, 1.165) is 13.0 Å². The van der Waals surface area contributed by atoms with Crippen molar-refractivity contribution in [2.45, 2.75) is 45.1 Å². The summed E-state index contributed by atoms with van der Waals surface area (Å²) in [5.41, 5.74) is -0.508. The summed E-state index contributed by atoms with van der Waals surface area (Å²) in [6.07, 6.45) is 4.83. The van der Waals surface area contributed by atoms with Gasteiger partial charge in [0.25, 0.3) is 0 Å². The van der Waals surface area contributed by atoms with Crippen molar-refractivity contribution in [2.24, 2.45) is 0 Å². The van der Waals surface area contributed by atoms with Crippen molar-refractivity contribution in [3.63, 3.8) is 0 Å². The van der Waals surface area contributed by atoms with Crippen molar-refractivity contribution in [2.75, 3.05) is 19.8 Å². The predicted octanol–water partition coefficient (Wildman–Crippen LogP) is 0.900. The zero-order valence-corrected chi connectivity index (χ0v) is 8.84. The van der Waals surface area contributed by atoms with Crippen molar-refractivity contribution >= 4 is 0 Å². The first-order valence-corrected chi connectivity index (χ1v) is 5.15. The fourth-order valence-corrected chi connectivity index (χ4v) is 1.10. The first kappa shape index (κ1) is 12.9. The summed E-state index contributed by atoms with van der Waals surface area (Å²) in [6, 6.07) is 0. The topological polar surface area (TPSA) is 52.5 Å². The molecular formula is C10H23NO2. The molecule has 0 atom stereocenters. The van der Waals surface area contributed by atoms with Gasteiger partial charge in [-0.2, -0.15) is 0 Å². The van der Waals surface area contributed by atoms with E-state index < -0.39 is 5.54 Å². The number of hydrogen-bond acceptors (Lipinski definition) is 3. The Morgan fingerprint density at radius 1 is 1.08 bits per heavy atom. The molecule has 0 amide bonds. The number of rotatable bonds is 8. The Hall–Kier alpha value is -0.120. The van der Waals surface area contributed by atoms with Crippen molar-refractivity contribution in [3.05, 3.63) is 0 Å². The lowest BCUT2D eigenvalue weighted by Crippen LogP contribution is -2.49. The molecule has 0 fully saturated rings. The third-order valence-corrected chi connectivity index (χ3v) is 2.28. The number of hydrogen-bond donors (Lipinski definition) is 3. The molecule has 3 nitrogen and oxygen atoms in total. The van der Waals surface area contributed by atoms with Gasteiger partial charge in [-0.3, -0.25) is 0 Å². The first-order chi connectivity index (χ1) is 6.18. The van der Waals surface area contributed by atoms with Gasteiger partial charge in [0.1, 0.15) is 0 Å². The summed E-state index contributed by atoms with van der Waals surface area (Å²) in [6.45, 7) is 4.85. The molecule has 0 rings (SSSR count). The highest BCUT2D eigenvalue weighted by Crippen LogP contribution is 2.02. The number of aliphatic hydroxyl groups excluding tert-OH is 2. The molecule has 0 saturated heterocycles. The maximum atomic E-state index is 8.97. The smallest absolute Gasteiger partial charge is 0.0633 e. The largest absolute Gasteiger partial charge is 0.394 e. The van der Waals surface area contributed by atoms with E-state index in [-0.39, 0.29) is 13.2 Å². The number of unbranched alkanes of at least 4 members (excludes halogenated alkanes) is 3. The first-order valence-electron chi connectivity index (χ1n) is 5.15. The van der Waals surface area contributed by atoms with Crippen molar-refractivity contribution in [3.8, 4) is 0 Å². The second-order valence-corrected chi connectivity index (χ2v) is 3.86. The van der Waals surface area contributed by atoms with Crippen LogP contribution in [0.1, 0.15) is 39.5 Å². The van der Waals surface area contributed by atoms with Gasteiger partial charge in [-0.15, -0.1) is 0 Å².